The molecule has 0 aromatic carbocycles. The van der Waals surface area contributed by atoms with Crippen molar-refractivity contribution in [3.05, 3.63) is 22.4 Å². The number of amides is 1. The molecule has 5 heteroatoms. The van der Waals surface area contributed by atoms with Crippen LogP contribution in [0.4, 0.5) is 4.79 Å². The van der Waals surface area contributed by atoms with Crippen LogP contribution in [0.2, 0.25) is 0 Å². The molecule has 1 aromatic heterocycles. The third kappa shape index (κ3) is 6.10. The standard InChI is InChI=1S/C19H32N2O2S/c1-13(2)17(16-10-7-11-24-16)20-14-8-6-9-15(12-14)21-18(22)23-19(3,4)5/h7,10-11,13-15,17,20H,6,8-9,12H2,1-5H3,(H,21,22). The average molecular weight is 353 g/mol. The second-order valence-corrected chi connectivity index (χ2v) is 9.09. The molecule has 1 aliphatic carbocycles. The second kappa shape index (κ2) is 8.34. The van der Waals surface area contributed by atoms with Crippen molar-refractivity contribution in [3.8, 4) is 0 Å². The number of thiophene rings is 1. The van der Waals surface area contributed by atoms with Crippen LogP contribution < -0.4 is 10.6 Å². The number of rotatable bonds is 5. The van der Waals surface area contributed by atoms with Crippen LogP contribution in [0.5, 0.6) is 0 Å². The first-order chi connectivity index (χ1) is 11.2. The second-order valence-electron chi connectivity index (χ2n) is 8.11. The van der Waals surface area contributed by atoms with Crippen LogP contribution in [0.1, 0.15) is 71.2 Å². The third-order valence-corrected chi connectivity index (χ3v) is 5.28. The predicted molar refractivity (Wildman–Crippen MR) is 100 cm³/mol. The van der Waals surface area contributed by atoms with Crippen molar-refractivity contribution in [1.82, 2.24) is 10.6 Å². The van der Waals surface area contributed by atoms with Gasteiger partial charge in [-0.1, -0.05) is 19.9 Å². The maximum absolute atomic E-state index is 12.0. The summed E-state index contributed by atoms with van der Waals surface area (Å²) in [7, 11) is 0. The summed E-state index contributed by atoms with van der Waals surface area (Å²) >= 11 is 1.81. The summed E-state index contributed by atoms with van der Waals surface area (Å²) in [5.74, 6) is 0.544. The zero-order chi connectivity index (χ0) is 17.7. The fourth-order valence-corrected chi connectivity index (χ4v) is 4.23. The Balaban J connectivity index is 1.89. The van der Waals surface area contributed by atoms with Gasteiger partial charge in [0.1, 0.15) is 5.60 Å². The quantitative estimate of drug-likeness (QED) is 0.795. The number of hydrogen-bond acceptors (Lipinski definition) is 4. The fourth-order valence-electron chi connectivity index (χ4n) is 3.27. The maximum atomic E-state index is 12.0. The molecule has 24 heavy (non-hydrogen) atoms. The third-order valence-electron chi connectivity index (χ3n) is 4.33. The zero-order valence-corrected chi connectivity index (χ0v) is 16.4. The van der Waals surface area contributed by atoms with E-state index in [0.29, 0.717) is 18.0 Å². The maximum Gasteiger partial charge on any atom is 0.407 e. The smallest absolute Gasteiger partial charge is 0.407 e. The van der Waals surface area contributed by atoms with E-state index >= 15 is 0 Å². The molecule has 0 aliphatic heterocycles. The average Bonchev–Trinajstić information content (AvgIpc) is 2.96. The van der Waals surface area contributed by atoms with Crippen LogP contribution in [0.3, 0.4) is 0 Å². The summed E-state index contributed by atoms with van der Waals surface area (Å²) in [6.07, 6.45) is 4.00. The summed E-state index contributed by atoms with van der Waals surface area (Å²) in [6, 6.07) is 5.34. The monoisotopic (exact) mass is 352 g/mol. The van der Waals surface area contributed by atoms with Crippen molar-refractivity contribution in [2.24, 2.45) is 5.92 Å². The lowest BCUT2D eigenvalue weighted by atomic mass is 9.89. The lowest BCUT2D eigenvalue weighted by Gasteiger charge is -2.34. The Morgan fingerprint density at radius 1 is 1.29 bits per heavy atom. The minimum absolute atomic E-state index is 0.197. The molecule has 1 saturated carbocycles. The van der Waals surface area contributed by atoms with E-state index < -0.39 is 5.60 Å². The van der Waals surface area contributed by atoms with Crippen LogP contribution >= 0.6 is 11.3 Å². The molecule has 0 saturated heterocycles. The molecule has 1 aliphatic rings. The van der Waals surface area contributed by atoms with Gasteiger partial charge < -0.3 is 15.4 Å². The van der Waals surface area contributed by atoms with Crippen molar-refractivity contribution < 1.29 is 9.53 Å². The molecule has 1 heterocycles. The number of carbonyl (C=O) groups excluding carboxylic acids is 1. The molecule has 2 N–H and O–H groups in total. The first kappa shape index (κ1) is 19.3. The number of nitrogens with one attached hydrogen (secondary N) is 2. The molecular formula is C19H32N2O2S. The Labute approximate surface area is 150 Å². The van der Waals surface area contributed by atoms with Gasteiger partial charge >= 0.3 is 6.09 Å². The Hall–Kier alpha value is -1.07. The van der Waals surface area contributed by atoms with E-state index in [2.05, 4.69) is 42.0 Å². The van der Waals surface area contributed by atoms with Crippen LogP contribution in [0, 0.1) is 5.92 Å². The van der Waals surface area contributed by atoms with Gasteiger partial charge in [-0.2, -0.15) is 0 Å². The number of carbonyl (C=O) groups is 1. The predicted octanol–water partition coefficient (Wildman–Crippen LogP) is 4.87. The lowest BCUT2D eigenvalue weighted by Crippen LogP contribution is -2.46. The molecular weight excluding hydrogens is 320 g/mol. The van der Waals surface area contributed by atoms with Crippen molar-refractivity contribution in [2.75, 3.05) is 0 Å². The SMILES string of the molecule is CC(C)C(NC1CCCC(NC(=O)OC(C)(C)C)C1)c1cccs1. The molecule has 1 fully saturated rings. The minimum atomic E-state index is -0.446. The van der Waals surface area contributed by atoms with Crippen LogP contribution in [-0.4, -0.2) is 23.8 Å². The Bertz CT molecular complexity index is 508. The highest BCUT2D eigenvalue weighted by molar-refractivity contribution is 7.10. The Kier molecular flexibility index (Phi) is 6.70. The summed E-state index contributed by atoms with van der Waals surface area (Å²) in [6.45, 7) is 10.2. The lowest BCUT2D eigenvalue weighted by molar-refractivity contribution is 0.0487. The molecule has 0 spiro atoms. The normalized spacial score (nSPS) is 23.1. The molecule has 4 nitrogen and oxygen atoms in total. The van der Waals surface area contributed by atoms with Gasteiger partial charge in [0.2, 0.25) is 0 Å². The van der Waals surface area contributed by atoms with Gasteiger partial charge in [0.05, 0.1) is 0 Å². The highest BCUT2D eigenvalue weighted by Crippen LogP contribution is 2.29. The van der Waals surface area contributed by atoms with Gasteiger partial charge in [-0.15, -0.1) is 11.3 Å². The number of alkyl carbamates (subject to hydrolysis) is 1. The topological polar surface area (TPSA) is 50.4 Å². The van der Waals surface area contributed by atoms with Gasteiger partial charge in [0, 0.05) is 23.0 Å². The first-order valence-electron chi connectivity index (χ1n) is 9.03. The molecule has 3 atom stereocenters. The van der Waals surface area contributed by atoms with E-state index in [1.165, 1.54) is 11.3 Å². The van der Waals surface area contributed by atoms with E-state index in [9.17, 15) is 4.79 Å². The van der Waals surface area contributed by atoms with E-state index in [1.54, 1.807) is 0 Å². The molecule has 136 valence electrons. The van der Waals surface area contributed by atoms with Crippen molar-refractivity contribution in [3.63, 3.8) is 0 Å². The number of ether oxygens (including phenoxy) is 1. The van der Waals surface area contributed by atoms with Crippen molar-refractivity contribution in [1.29, 1.82) is 0 Å². The zero-order valence-electron chi connectivity index (χ0n) is 15.6. The fraction of sp³-hybridized carbons (Fsp3) is 0.737. The van der Waals surface area contributed by atoms with Crippen LogP contribution in [0.25, 0.3) is 0 Å². The summed E-state index contributed by atoms with van der Waals surface area (Å²) in [4.78, 5) is 13.4. The van der Waals surface area contributed by atoms with Gasteiger partial charge in [0.25, 0.3) is 0 Å². The molecule has 0 radical (unpaired) electrons. The molecule has 1 aromatic rings. The molecule has 1 amide bonds. The Morgan fingerprint density at radius 3 is 2.58 bits per heavy atom. The summed E-state index contributed by atoms with van der Waals surface area (Å²) in [5.41, 5.74) is -0.446. The minimum Gasteiger partial charge on any atom is -0.444 e. The summed E-state index contributed by atoms with van der Waals surface area (Å²) in [5, 5.41) is 9.01. The highest BCUT2D eigenvalue weighted by atomic mass is 32.1. The molecule has 2 rings (SSSR count). The highest BCUT2D eigenvalue weighted by Gasteiger charge is 2.28. The van der Waals surface area contributed by atoms with Crippen molar-refractivity contribution >= 4 is 17.4 Å². The van der Waals surface area contributed by atoms with E-state index in [1.807, 2.05) is 32.1 Å². The molecule has 0 bridgehead atoms. The largest absolute Gasteiger partial charge is 0.444 e. The Morgan fingerprint density at radius 2 is 2.00 bits per heavy atom. The van der Waals surface area contributed by atoms with E-state index in [0.717, 1.165) is 19.3 Å². The van der Waals surface area contributed by atoms with Crippen LogP contribution in [0.15, 0.2) is 17.5 Å². The first-order valence-corrected chi connectivity index (χ1v) is 9.91. The van der Waals surface area contributed by atoms with Gasteiger partial charge in [0.15, 0.2) is 0 Å². The van der Waals surface area contributed by atoms with Crippen LogP contribution in [-0.2, 0) is 4.74 Å². The van der Waals surface area contributed by atoms with Gasteiger partial charge in [-0.05, 0) is 63.8 Å². The summed E-state index contributed by atoms with van der Waals surface area (Å²) < 4.78 is 5.39. The van der Waals surface area contributed by atoms with Crippen molar-refractivity contribution in [2.45, 2.75) is 84.0 Å². The van der Waals surface area contributed by atoms with E-state index in [-0.39, 0.29) is 12.1 Å². The molecule has 3 unspecified atom stereocenters. The van der Waals surface area contributed by atoms with Gasteiger partial charge in [-0.25, -0.2) is 4.79 Å². The van der Waals surface area contributed by atoms with E-state index in [4.69, 9.17) is 4.74 Å². The number of hydrogen-bond donors (Lipinski definition) is 2. The van der Waals surface area contributed by atoms with Gasteiger partial charge in [-0.3, -0.25) is 0 Å².